The van der Waals surface area contributed by atoms with E-state index in [1.165, 1.54) is 0 Å². The van der Waals surface area contributed by atoms with Gasteiger partial charge in [0.1, 0.15) is 11.9 Å². The van der Waals surface area contributed by atoms with Crippen LogP contribution in [0.15, 0.2) is 12.1 Å². The Morgan fingerprint density at radius 1 is 1.56 bits per heavy atom. The summed E-state index contributed by atoms with van der Waals surface area (Å²) in [4.78, 5) is 4.29. The number of aliphatic hydroxyl groups excluding tert-OH is 1. The number of nitrogens with zero attached hydrogens (tertiary/aromatic N) is 2. The van der Waals surface area contributed by atoms with Crippen LogP contribution in [0.25, 0.3) is 0 Å². The quantitative estimate of drug-likeness (QED) is 0.800. The molecule has 0 spiro atoms. The molecule has 0 aromatic carbocycles. The highest BCUT2D eigenvalue weighted by Gasteiger charge is 2.41. The van der Waals surface area contributed by atoms with Crippen LogP contribution < -0.4 is 5.32 Å². The first kappa shape index (κ1) is 10.9. The molecule has 84 valence electrons. The number of hydrogen-bond acceptors (Lipinski definition) is 4. The van der Waals surface area contributed by atoms with E-state index in [-0.39, 0.29) is 12.0 Å². The summed E-state index contributed by atoms with van der Waals surface area (Å²) in [6.45, 7) is 2.79. The van der Waals surface area contributed by atoms with Crippen molar-refractivity contribution in [3.05, 3.63) is 23.4 Å². The molecule has 4 heteroatoms. The third kappa shape index (κ3) is 2.15. The number of anilines is 1. The Hall–Kier alpha value is -1.60. The van der Waals surface area contributed by atoms with Crippen molar-refractivity contribution in [1.82, 2.24) is 4.98 Å². The minimum atomic E-state index is 0.0259. The molecule has 1 aromatic heterocycles. The summed E-state index contributed by atoms with van der Waals surface area (Å²) in [5, 5.41) is 21.3. The van der Waals surface area contributed by atoms with Gasteiger partial charge in [0.25, 0.3) is 0 Å². The normalized spacial score (nSPS) is 16.6. The van der Waals surface area contributed by atoms with Crippen LogP contribution in [-0.4, -0.2) is 23.2 Å². The van der Waals surface area contributed by atoms with Crippen molar-refractivity contribution < 1.29 is 5.11 Å². The predicted octanol–water partition coefficient (Wildman–Crippen LogP) is 1.45. The van der Waals surface area contributed by atoms with E-state index in [0.29, 0.717) is 17.9 Å². The lowest BCUT2D eigenvalue weighted by Gasteiger charge is -2.14. The number of aryl methyl sites for hydroxylation is 1. The van der Waals surface area contributed by atoms with Gasteiger partial charge in [0, 0.05) is 17.7 Å². The number of rotatable bonds is 4. The van der Waals surface area contributed by atoms with Crippen LogP contribution in [-0.2, 0) is 0 Å². The first-order valence-corrected chi connectivity index (χ1v) is 5.42. The van der Waals surface area contributed by atoms with Crippen molar-refractivity contribution in [2.75, 3.05) is 18.5 Å². The van der Waals surface area contributed by atoms with Crippen LogP contribution >= 0.6 is 0 Å². The van der Waals surface area contributed by atoms with Crippen molar-refractivity contribution in [3.63, 3.8) is 0 Å². The fourth-order valence-corrected chi connectivity index (χ4v) is 1.62. The number of pyridine rings is 1. The summed E-state index contributed by atoms with van der Waals surface area (Å²) in [6, 6.07) is 5.70. The van der Waals surface area contributed by atoms with Crippen LogP contribution in [0.1, 0.15) is 24.1 Å². The molecule has 1 saturated carbocycles. The summed E-state index contributed by atoms with van der Waals surface area (Å²) in [5.41, 5.74) is 1.47. The number of aromatic nitrogens is 1. The molecule has 1 fully saturated rings. The molecule has 4 nitrogen and oxygen atoms in total. The molecule has 0 amide bonds. The largest absolute Gasteiger partial charge is 0.396 e. The van der Waals surface area contributed by atoms with E-state index in [2.05, 4.69) is 16.4 Å². The second-order valence-electron chi connectivity index (χ2n) is 4.47. The van der Waals surface area contributed by atoms with Crippen molar-refractivity contribution >= 4 is 5.82 Å². The molecule has 1 aliphatic carbocycles. The van der Waals surface area contributed by atoms with Gasteiger partial charge in [-0.3, -0.25) is 0 Å². The zero-order valence-corrected chi connectivity index (χ0v) is 9.32. The van der Waals surface area contributed by atoms with Gasteiger partial charge < -0.3 is 10.4 Å². The smallest absolute Gasteiger partial charge is 0.144 e. The van der Waals surface area contributed by atoms with Crippen LogP contribution in [0.4, 0.5) is 5.82 Å². The van der Waals surface area contributed by atoms with Crippen molar-refractivity contribution in [1.29, 1.82) is 5.26 Å². The van der Waals surface area contributed by atoms with E-state index in [1.807, 2.05) is 13.0 Å². The fourth-order valence-electron chi connectivity index (χ4n) is 1.62. The Labute approximate surface area is 94.9 Å². The topological polar surface area (TPSA) is 68.9 Å². The van der Waals surface area contributed by atoms with Crippen LogP contribution in [0.5, 0.6) is 0 Å². The molecule has 0 unspecified atom stereocenters. The minimum absolute atomic E-state index is 0.0259. The lowest BCUT2D eigenvalue weighted by molar-refractivity contribution is 0.219. The highest BCUT2D eigenvalue weighted by molar-refractivity contribution is 5.52. The maximum Gasteiger partial charge on any atom is 0.144 e. The standard InChI is InChI=1S/C12H15N3O/c1-9-2-3-10(6-13)11(15-9)14-7-12(8-16)4-5-12/h2-3,16H,4-5,7-8H2,1H3,(H,14,15). The number of hydrogen-bond donors (Lipinski definition) is 2. The molecule has 1 aromatic rings. The van der Waals surface area contributed by atoms with Gasteiger partial charge in [-0.15, -0.1) is 0 Å². The highest BCUT2D eigenvalue weighted by Crippen LogP contribution is 2.44. The van der Waals surface area contributed by atoms with E-state index in [4.69, 9.17) is 5.26 Å². The van der Waals surface area contributed by atoms with Gasteiger partial charge in [-0.1, -0.05) is 0 Å². The predicted molar refractivity (Wildman–Crippen MR) is 60.9 cm³/mol. The molecule has 0 bridgehead atoms. The van der Waals surface area contributed by atoms with Crippen molar-refractivity contribution in [3.8, 4) is 6.07 Å². The molecule has 1 aliphatic rings. The van der Waals surface area contributed by atoms with Crippen LogP contribution in [0.2, 0.25) is 0 Å². The Morgan fingerprint density at radius 2 is 2.31 bits per heavy atom. The summed E-state index contributed by atoms with van der Waals surface area (Å²) < 4.78 is 0. The van der Waals surface area contributed by atoms with E-state index < -0.39 is 0 Å². The molecular formula is C12H15N3O. The van der Waals surface area contributed by atoms with E-state index in [1.54, 1.807) is 6.07 Å². The number of nitriles is 1. The number of aliphatic hydroxyl groups is 1. The van der Waals surface area contributed by atoms with Gasteiger partial charge in [-0.2, -0.15) is 5.26 Å². The van der Waals surface area contributed by atoms with Gasteiger partial charge in [-0.05, 0) is 31.9 Å². The maximum absolute atomic E-state index is 9.19. The van der Waals surface area contributed by atoms with E-state index in [9.17, 15) is 5.11 Å². The molecule has 2 N–H and O–H groups in total. The highest BCUT2D eigenvalue weighted by atomic mass is 16.3. The second kappa shape index (κ2) is 4.11. The minimum Gasteiger partial charge on any atom is -0.396 e. The summed E-state index contributed by atoms with van der Waals surface area (Å²) in [7, 11) is 0. The average molecular weight is 217 g/mol. The maximum atomic E-state index is 9.19. The van der Waals surface area contributed by atoms with Crippen molar-refractivity contribution in [2.24, 2.45) is 5.41 Å². The molecule has 0 saturated heterocycles. The van der Waals surface area contributed by atoms with Gasteiger partial charge >= 0.3 is 0 Å². The Kier molecular flexibility index (Phi) is 2.80. The first-order chi connectivity index (χ1) is 7.69. The lowest BCUT2D eigenvalue weighted by atomic mass is 10.1. The van der Waals surface area contributed by atoms with Gasteiger partial charge in [-0.25, -0.2) is 4.98 Å². The molecule has 2 rings (SSSR count). The zero-order valence-electron chi connectivity index (χ0n) is 9.32. The van der Waals surface area contributed by atoms with Gasteiger partial charge in [0.15, 0.2) is 0 Å². The van der Waals surface area contributed by atoms with Crippen LogP contribution in [0.3, 0.4) is 0 Å². The third-order valence-corrected chi connectivity index (χ3v) is 3.08. The van der Waals surface area contributed by atoms with E-state index >= 15 is 0 Å². The Morgan fingerprint density at radius 3 is 2.88 bits per heavy atom. The molecular weight excluding hydrogens is 202 g/mol. The Balaban J connectivity index is 2.09. The molecule has 0 radical (unpaired) electrons. The second-order valence-corrected chi connectivity index (χ2v) is 4.47. The van der Waals surface area contributed by atoms with Crippen LogP contribution in [0, 0.1) is 23.7 Å². The van der Waals surface area contributed by atoms with Gasteiger partial charge in [0.05, 0.1) is 12.2 Å². The molecule has 0 atom stereocenters. The summed E-state index contributed by atoms with van der Waals surface area (Å²) in [5.74, 6) is 0.627. The third-order valence-electron chi connectivity index (χ3n) is 3.08. The van der Waals surface area contributed by atoms with E-state index in [0.717, 1.165) is 18.5 Å². The molecule has 1 heterocycles. The first-order valence-electron chi connectivity index (χ1n) is 5.42. The monoisotopic (exact) mass is 217 g/mol. The SMILES string of the molecule is Cc1ccc(C#N)c(NCC2(CO)CC2)n1. The van der Waals surface area contributed by atoms with Crippen molar-refractivity contribution in [2.45, 2.75) is 19.8 Å². The van der Waals surface area contributed by atoms with Gasteiger partial charge in [0.2, 0.25) is 0 Å². The lowest BCUT2D eigenvalue weighted by Crippen LogP contribution is -2.20. The molecule has 16 heavy (non-hydrogen) atoms. The average Bonchev–Trinajstić information content (AvgIpc) is 3.07. The Bertz CT molecular complexity index is 432. The fraction of sp³-hybridized carbons (Fsp3) is 0.500. The number of nitrogens with one attached hydrogen (secondary N) is 1. The molecule has 0 aliphatic heterocycles. The summed E-state index contributed by atoms with van der Waals surface area (Å²) in [6.07, 6.45) is 2.09. The summed E-state index contributed by atoms with van der Waals surface area (Å²) >= 11 is 0. The zero-order chi connectivity index (χ0) is 11.6.